The lowest BCUT2D eigenvalue weighted by Gasteiger charge is -2.15. The molecule has 1 heterocycles. The molecular weight excluding hydrogens is 118 g/mol. The van der Waals surface area contributed by atoms with Gasteiger partial charge in [0.2, 0.25) is 0 Å². The van der Waals surface area contributed by atoms with Gasteiger partial charge in [0.25, 0.3) is 0 Å². The quantitative estimate of drug-likeness (QED) is 0.554. The van der Waals surface area contributed by atoms with Crippen LogP contribution in [0.3, 0.4) is 0 Å². The molecule has 50 valence electrons. The van der Waals surface area contributed by atoms with Gasteiger partial charge in [0.05, 0.1) is 0 Å². The molecule has 0 spiro atoms. The molecule has 0 aromatic heterocycles. The highest BCUT2D eigenvalue weighted by Gasteiger charge is 2.21. The molecule has 0 aromatic rings. The highest BCUT2D eigenvalue weighted by molar-refractivity contribution is 5.81. The van der Waals surface area contributed by atoms with Gasteiger partial charge in [0.15, 0.2) is 6.04 Å². The van der Waals surface area contributed by atoms with E-state index in [4.69, 9.17) is 5.11 Å². The van der Waals surface area contributed by atoms with Crippen molar-refractivity contribution in [1.82, 2.24) is 5.32 Å². The lowest BCUT2D eigenvalue weighted by Crippen LogP contribution is -2.26. The molecule has 0 amide bonds. The third-order valence-corrected chi connectivity index (χ3v) is 1.37. The molecular formula is C6H9NO2. The van der Waals surface area contributed by atoms with Crippen LogP contribution in [-0.4, -0.2) is 17.6 Å². The molecule has 1 saturated heterocycles. The van der Waals surface area contributed by atoms with Gasteiger partial charge in [0.1, 0.15) is 0 Å². The molecule has 0 unspecified atom stereocenters. The van der Waals surface area contributed by atoms with Gasteiger partial charge >= 0.3 is 5.97 Å². The second kappa shape index (κ2) is 2.82. The van der Waals surface area contributed by atoms with Crippen molar-refractivity contribution in [3.8, 4) is 0 Å². The van der Waals surface area contributed by atoms with Crippen LogP contribution in [0.25, 0.3) is 0 Å². The first-order chi connectivity index (χ1) is 4.30. The maximum absolute atomic E-state index is 10.2. The van der Waals surface area contributed by atoms with Gasteiger partial charge in [-0.1, -0.05) is 0 Å². The number of hydrogen-bond donors (Lipinski definition) is 1. The summed E-state index contributed by atoms with van der Waals surface area (Å²) in [5, 5.41) is 12.3. The normalized spacial score (nSPS) is 21.8. The van der Waals surface area contributed by atoms with Crippen molar-refractivity contribution in [2.75, 3.05) is 6.54 Å². The summed E-state index contributed by atoms with van der Waals surface area (Å²) < 4.78 is 0. The fraction of sp³-hybridized carbons (Fsp3) is 0.667. The van der Waals surface area contributed by atoms with E-state index in [2.05, 4.69) is 5.32 Å². The monoisotopic (exact) mass is 127 g/mol. The highest BCUT2D eigenvalue weighted by atomic mass is 16.4. The van der Waals surface area contributed by atoms with E-state index in [-0.39, 0.29) is 0 Å². The average Bonchev–Trinajstić information content (AvgIpc) is 1.90. The van der Waals surface area contributed by atoms with Gasteiger partial charge < -0.3 is 5.11 Å². The van der Waals surface area contributed by atoms with Crippen LogP contribution in [0.1, 0.15) is 19.3 Å². The number of carbonyl (C=O) groups is 1. The topological polar surface area (TPSA) is 51.4 Å². The molecule has 0 saturated carbocycles. The summed E-state index contributed by atoms with van der Waals surface area (Å²) in [4.78, 5) is 10.2. The molecule has 2 radical (unpaired) electrons. The van der Waals surface area contributed by atoms with Crippen molar-refractivity contribution in [3.63, 3.8) is 0 Å². The minimum Gasteiger partial charge on any atom is -0.480 e. The van der Waals surface area contributed by atoms with Crippen LogP contribution in [0.5, 0.6) is 0 Å². The third kappa shape index (κ3) is 1.68. The number of hydrogen-bond acceptors (Lipinski definition) is 1. The number of carboxylic acid groups (broad SMARTS) is 1. The van der Waals surface area contributed by atoms with E-state index in [0.29, 0.717) is 19.0 Å². The minimum atomic E-state index is -0.852. The number of rotatable bonds is 1. The Hall–Kier alpha value is -0.570. The van der Waals surface area contributed by atoms with Gasteiger partial charge in [-0.05, 0) is 19.3 Å². The van der Waals surface area contributed by atoms with E-state index in [1.165, 1.54) is 0 Å². The van der Waals surface area contributed by atoms with E-state index >= 15 is 0 Å². The molecule has 3 nitrogen and oxygen atoms in total. The number of aliphatic carboxylic acids is 1. The molecule has 3 heteroatoms. The molecule has 9 heavy (non-hydrogen) atoms. The Kier molecular flexibility index (Phi) is 2.05. The zero-order valence-corrected chi connectivity index (χ0v) is 5.13. The second-order valence-electron chi connectivity index (χ2n) is 2.09. The summed E-state index contributed by atoms with van der Waals surface area (Å²) in [5.41, 5.74) is 0. The van der Waals surface area contributed by atoms with E-state index in [0.717, 1.165) is 12.8 Å². The largest absolute Gasteiger partial charge is 0.480 e. The molecule has 1 aliphatic heterocycles. The van der Waals surface area contributed by atoms with Crippen LogP contribution in [0, 0.1) is 6.04 Å². The van der Waals surface area contributed by atoms with E-state index in [1.54, 1.807) is 0 Å². The third-order valence-electron chi connectivity index (χ3n) is 1.37. The Balaban J connectivity index is 2.31. The number of piperidine rings is 1. The summed E-state index contributed by atoms with van der Waals surface area (Å²) in [7, 11) is 0. The Morgan fingerprint density at radius 3 is 2.67 bits per heavy atom. The summed E-state index contributed by atoms with van der Waals surface area (Å²) in [5.74, 6) is -0.852. The zero-order chi connectivity index (χ0) is 6.69. The van der Waals surface area contributed by atoms with E-state index < -0.39 is 5.97 Å². The lowest BCUT2D eigenvalue weighted by molar-refractivity contribution is -0.136. The molecule has 0 aliphatic carbocycles. The van der Waals surface area contributed by atoms with Crippen LogP contribution in [-0.2, 0) is 4.79 Å². The van der Waals surface area contributed by atoms with E-state index in [1.807, 2.05) is 0 Å². The Bertz CT molecular complexity index is 108. The van der Waals surface area contributed by atoms with Crippen molar-refractivity contribution < 1.29 is 9.90 Å². The SMILES string of the molecule is O=C(O)[C]1CCCC[N]1. The lowest BCUT2D eigenvalue weighted by atomic mass is 10.1. The van der Waals surface area contributed by atoms with Crippen LogP contribution >= 0.6 is 0 Å². The van der Waals surface area contributed by atoms with Gasteiger partial charge in [-0.15, -0.1) is 0 Å². The van der Waals surface area contributed by atoms with Gasteiger partial charge in [-0.25, -0.2) is 5.32 Å². The summed E-state index contributed by atoms with van der Waals surface area (Å²) >= 11 is 0. The zero-order valence-electron chi connectivity index (χ0n) is 5.13. The molecule has 1 rings (SSSR count). The Morgan fingerprint density at radius 1 is 1.56 bits per heavy atom. The Labute approximate surface area is 54.1 Å². The minimum absolute atomic E-state index is 0.348. The predicted octanol–water partition coefficient (Wildman–Crippen LogP) is 0.391. The molecule has 1 aliphatic rings. The predicted molar refractivity (Wildman–Crippen MR) is 31.7 cm³/mol. The molecule has 1 fully saturated rings. The summed E-state index contributed by atoms with van der Waals surface area (Å²) in [6.45, 7) is 0.696. The van der Waals surface area contributed by atoms with Crippen LogP contribution in [0.15, 0.2) is 0 Å². The first-order valence-electron chi connectivity index (χ1n) is 3.07. The molecule has 0 bridgehead atoms. The smallest absolute Gasteiger partial charge is 0.328 e. The fourth-order valence-electron chi connectivity index (χ4n) is 0.872. The Morgan fingerprint density at radius 2 is 2.33 bits per heavy atom. The average molecular weight is 127 g/mol. The van der Waals surface area contributed by atoms with Crippen LogP contribution in [0.2, 0.25) is 0 Å². The van der Waals surface area contributed by atoms with Crippen LogP contribution < -0.4 is 5.32 Å². The fourth-order valence-corrected chi connectivity index (χ4v) is 0.872. The van der Waals surface area contributed by atoms with Crippen molar-refractivity contribution in [1.29, 1.82) is 0 Å². The van der Waals surface area contributed by atoms with Crippen molar-refractivity contribution >= 4 is 5.97 Å². The van der Waals surface area contributed by atoms with Gasteiger partial charge in [-0.2, -0.15) is 0 Å². The maximum atomic E-state index is 10.2. The first-order valence-corrected chi connectivity index (χ1v) is 3.07. The van der Waals surface area contributed by atoms with Gasteiger partial charge in [-0.3, -0.25) is 4.79 Å². The number of nitrogens with zero attached hydrogens (tertiary/aromatic N) is 1. The summed E-state index contributed by atoms with van der Waals surface area (Å²) in [6.07, 6.45) is 2.66. The molecule has 1 N–H and O–H groups in total. The first kappa shape index (κ1) is 6.55. The van der Waals surface area contributed by atoms with Crippen molar-refractivity contribution in [2.45, 2.75) is 19.3 Å². The van der Waals surface area contributed by atoms with Gasteiger partial charge in [0, 0.05) is 6.54 Å². The van der Waals surface area contributed by atoms with Crippen molar-refractivity contribution in [2.24, 2.45) is 0 Å². The second-order valence-corrected chi connectivity index (χ2v) is 2.09. The molecule has 0 atom stereocenters. The highest BCUT2D eigenvalue weighted by Crippen LogP contribution is 2.14. The number of carboxylic acids is 1. The van der Waals surface area contributed by atoms with Crippen molar-refractivity contribution in [3.05, 3.63) is 6.04 Å². The molecule has 0 aromatic carbocycles. The standard InChI is InChI=1S/C6H9NO2/c8-6(9)5-3-1-2-4-7-5/h1-4H2,(H,8,9). The summed E-state index contributed by atoms with van der Waals surface area (Å²) in [6, 6.07) is 0.348. The maximum Gasteiger partial charge on any atom is 0.328 e. The van der Waals surface area contributed by atoms with E-state index in [9.17, 15) is 4.79 Å². The van der Waals surface area contributed by atoms with Crippen LogP contribution in [0.4, 0.5) is 0 Å².